The highest BCUT2D eigenvalue weighted by Crippen LogP contribution is 2.37. The van der Waals surface area contributed by atoms with Gasteiger partial charge in [-0.25, -0.2) is 0 Å². The van der Waals surface area contributed by atoms with E-state index in [2.05, 4.69) is 49.2 Å². The molecule has 1 aromatic rings. The first kappa shape index (κ1) is 13.9. The quantitative estimate of drug-likeness (QED) is 0.840. The van der Waals surface area contributed by atoms with Gasteiger partial charge in [0.2, 0.25) is 0 Å². The Hall–Kier alpha value is -1.02. The zero-order valence-corrected chi connectivity index (χ0v) is 13.2. The zero-order chi connectivity index (χ0) is 14.2. The molecule has 1 N–H and O–H groups in total. The molecule has 0 atom stereocenters. The van der Waals surface area contributed by atoms with Crippen molar-refractivity contribution in [3.05, 3.63) is 29.3 Å². The Labute approximate surface area is 123 Å². The van der Waals surface area contributed by atoms with Crippen molar-refractivity contribution >= 4 is 5.69 Å². The molecule has 2 nitrogen and oxygen atoms in total. The predicted molar refractivity (Wildman–Crippen MR) is 86.2 cm³/mol. The van der Waals surface area contributed by atoms with Gasteiger partial charge in [0.25, 0.3) is 0 Å². The number of fused-ring (bicyclic) bond motifs is 1. The number of nitrogens with zero attached hydrogens (tertiary/aromatic N) is 1. The maximum Gasteiger partial charge on any atom is 0.0402 e. The summed E-state index contributed by atoms with van der Waals surface area (Å²) in [7, 11) is 0. The smallest absolute Gasteiger partial charge is 0.0402 e. The summed E-state index contributed by atoms with van der Waals surface area (Å²) in [4.78, 5) is 2.63. The van der Waals surface area contributed by atoms with E-state index in [0.717, 1.165) is 19.0 Å². The Morgan fingerprint density at radius 3 is 2.60 bits per heavy atom. The lowest BCUT2D eigenvalue weighted by atomic mass is 9.75. The highest BCUT2D eigenvalue weighted by atomic mass is 15.1. The van der Waals surface area contributed by atoms with Crippen molar-refractivity contribution in [2.45, 2.75) is 46.6 Å². The van der Waals surface area contributed by atoms with Crippen LogP contribution in [0, 0.1) is 11.3 Å². The molecule has 110 valence electrons. The average molecular weight is 272 g/mol. The minimum atomic E-state index is 0.464. The maximum atomic E-state index is 3.48. The summed E-state index contributed by atoms with van der Waals surface area (Å²) in [5.41, 5.74) is 5.08. The summed E-state index contributed by atoms with van der Waals surface area (Å²) in [5.74, 6) is 0.875. The van der Waals surface area contributed by atoms with E-state index in [0.29, 0.717) is 5.41 Å². The van der Waals surface area contributed by atoms with E-state index < -0.39 is 0 Å². The number of rotatable bonds is 1. The third-order valence-corrected chi connectivity index (χ3v) is 5.18. The SMILES string of the molecule is CC(C)(C)C1CCN(c2cccc3c2CCNC3)CC1. The molecule has 2 aliphatic heterocycles. The third-order valence-electron chi connectivity index (χ3n) is 5.18. The van der Waals surface area contributed by atoms with Gasteiger partial charge in [-0.3, -0.25) is 0 Å². The molecule has 0 spiro atoms. The van der Waals surface area contributed by atoms with Gasteiger partial charge < -0.3 is 10.2 Å². The number of hydrogen-bond acceptors (Lipinski definition) is 2. The summed E-state index contributed by atoms with van der Waals surface area (Å²) in [6.07, 6.45) is 3.86. The van der Waals surface area contributed by atoms with Crippen molar-refractivity contribution in [3.8, 4) is 0 Å². The summed E-state index contributed by atoms with van der Waals surface area (Å²) in [6.45, 7) is 11.8. The molecule has 3 rings (SSSR count). The molecule has 2 aliphatic rings. The Bertz CT molecular complexity index is 465. The number of hydrogen-bond donors (Lipinski definition) is 1. The molecule has 2 heterocycles. The van der Waals surface area contributed by atoms with Crippen LogP contribution in [-0.2, 0) is 13.0 Å². The standard InChI is InChI=1S/C18H28N2/c1-18(2,3)15-8-11-20(12-9-15)17-6-4-5-14-13-19-10-7-16(14)17/h4-6,15,19H,7-13H2,1-3H3. The van der Waals surface area contributed by atoms with Gasteiger partial charge in [-0.05, 0) is 54.3 Å². The summed E-state index contributed by atoms with van der Waals surface area (Å²) < 4.78 is 0. The molecule has 2 heteroatoms. The van der Waals surface area contributed by atoms with Crippen LogP contribution in [0.15, 0.2) is 18.2 Å². The lowest BCUT2D eigenvalue weighted by Gasteiger charge is -2.41. The highest BCUT2D eigenvalue weighted by molar-refractivity contribution is 5.58. The van der Waals surface area contributed by atoms with Gasteiger partial charge >= 0.3 is 0 Å². The lowest BCUT2D eigenvalue weighted by Crippen LogP contribution is -2.39. The number of anilines is 1. The predicted octanol–water partition coefficient (Wildman–Crippen LogP) is 3.59. The van der Waals surface area contributed by atoms with Gasteiger partial charge in [-0.2, -0.15) is 0 Å². The molecule has 0 amide bonds. The van der Waals surface area contributed by atoms with Gasteiger partial charge in [-0.1, -0.05) is 32.9 Å². The van der Waals surface area contributed by atoms with Crippen molar-refractivity contribution in [1.29, 1.82) is 0 Å². The maximum absolute atomic E-state index is 3.48. The number of benzene rings is 1. The van der Waals surface area contributed by atoms with Crippen LogP contribution < -0.4 is 10.2 Å². The number of piperidine rings is 1. The molecule has 0 aromatic heterocycles. The van der Waals surface area contributed by atoms with Crippen molar-refractivity contribution in [1.82, 2.24) is 5.32 Å². The molecular weight excluding hydrogens is 244 g/mol. The first-order valence-corrected chi connectivity index (χ1v) is 8.12. The fourth-order valence-electron chi connectivity index (χ4n) is 3.79. The van der Waals surface area contributed by atoms with Gasteiger partial charge in [0.05, 0.1) is 0 Å². The van der Waals surface area contributed by atoms with Crippen LogP contribution in [-0.4, -0.2) is 19.6 Å². The van der Waals surface area contributed by atoms with Crippen molar-refractivity contribution in [2.24, 2.45) is 11.3 Å². The van der Waals surface area contributed by atoms with Crippen LogP contribution in [0.25, 0.3) is 0 Å². The Kier molecular flexibility index (Phi) is 3.76. The van der Waals surface area contributed by atoms with Gasteiger partial charge in [0.15, 0.2) is 0 Å². The van der Waals surface area contributed by atoms with Crippen LogP contribution >= 0.6 is 0 Å². The van der Waals surface area contributed by atoms with Crippen molar-refractivity contribution in [3.63, 3.8) is 0 Å². The number of nitrogens with one attached hydrogen (secondary N) is 1. The van der Waals surface area contributed by atoms with E-state index in [1.807, 2.05) is 0 Å². The van der Waals surface area contributed by atoms with Crippen LogP contribution in [0.2, 0.25) is 0 Å². The largest absolute Gasteiger partial charge is 0.371 e. The van der Waals surface area contributed by atoms with E-state index in [9.17, 15) is 0 Å². The summed E-state index contributed by atoms with van der Waals surface area (Å²) in [5, 5.41) is 3.48. The van der Waals surface area contributed by atoms with Crippen LogP contribution in [0.5, 0.6) is 0 Å². The molecule has 0 aliphatic carbocycles. The fourth-order valence-corrected chi connectivity index (χ4v) is 3.79. The molecule has 0 bridgehead atoms. The minimum Gasteiger partial charge on any atom is -0.371 e. The van der Waals surface area contributed by atoms with Gasteiger partial charge in [-0.15, -0.1) is 0 Å². The molecule has 0 radical (unpaired) electrons. The van der Waals surface area contributed by atoms with E-state index in [-0.39, 0.29) is 0 Å². The molecule has 20 heavy (non-hydrogen) atoms. The normalized spacial score (nSPS) is 20.9. The van der Waals surface area contributed by atoms with E-state index >= 15 is 0 Å². The monoisotopic (exact) mass is 272 g/mol. The van der Waals surface area contributed by atoms with Crippen LogP contribution in [0.4, 0.5) is 5.69 Å². The molecule has 0 unspecified atom stereocenters. The van der Waals surface area contributed by atoms with Crippen LogP contribution in [0.1, 0.15) is 44.7 Å². The van der Waals surface area contributed by atoms with Gasteiger partial charge in [0, 0.05) is 25.3 Å². The molecule has 1 fully saturated rings. The van der Waals surface area contributed by atoms with E-state index in [1.54, 1.807) is 5.56 Å². The molecular formula is C18H28N2. The Morgan fingerprint density at radius 2 is 1.90 bits per heavy atom. The van der Waals surface area contributed by atoms with Crippen LogP contribution in [0.3, 0.4) is 0 Å². The second-order valence-corrected chi connectivity index (χ2v) is 7.47. The first-order chi connectivity index (χ1) is 9.55. The lowest BCUT2D eigenvalue weighted by molar-refractivity contribution is 0.199. The molecule has 0 saturated carbocycles. The highest BCUT2D eigenvalue weighted by Gasteiger charge is 2.29. The topological polar surface area (TPSA) is 15.3 Å². The second-order valence-electron chi connectivity index (χ2n) is 7.47. The fraction of sp³-hybridized carbons (Fsp3) is 0.667. The first-order valence-electron chi connectivity index (χ1n) is 8.12. The molecule has 1 aromatic carbocycles. The third kappa shape index (κ3) is 2.71. The Balaban J connectivity index is 1.76. The zero-order valence-electron chi connectivity index (χ0n) is 13.2. The van der Waals surface area contributed by atoms with E-state index in [1.165, 1.54) is 43.6 Å². The summed E-state index contributed by atoms with van der Waals surface area (Å²) in [6, 6.07) is 6.85. The van der Waals surface area contributed by atoms with Crippen molar-refractivity contribution in [2.75, 3.05) is 24.5 Å². The summed E-state index contributed by atoms with van der Waals surface area (Å²) >= 11 is 0. The Morgan fingerprint density at radius 1 is 1.15 bits per heavy atom. The van der Waals surface area contributed by atoms with Gasteiger partial charge in [0.1, 0.15) is 0 Å². The van der Waals surface area contributed by atoms with Crippen molar-refractivity contribution < 1.29 is 0 Å². The molecule has 1 saturated heterocycles. The minimum absolute atomic E-state index is 0.464. The average Bonchev–Trinajstić information content (AvgIpc) is 2.46. The second kappa shape index (κ2) is 5.40. The van der Waals surface area contributed by atoms with E-state index in [4.69, 9.17) is 0 Å².